The molecule has 5 aliphatic rings. The lowest BCUT2D eigenvalue weighted by molar-refractivity contribution is -0.160. The minimum atomic E-state index is -1.10. The average Bonchev–Trinajstić information content (AvgIpc) is 3.17. The van der Waals surface area contributed by atoms with Crippen molar-refractivity contribution >= 4 is 17.7 Å². The van der Waals surface area contributed by atoms with Crippen LogP contribution < -0.4 is 9.47 Å². The van der Waals surface area contributed by atoms with Crippen molar-refractivity contribution in [3.63, 3.8) is 0 Å². The molecule has 0 N–H and O–H groups in total. The van der Waals surface area contributed by atoms with Gasteiger partial charge in [0.2, 0.25) is 12.7 Å². The van der Waals surface area contributed by atoms with E-state index < -0.39 is 28.8 Å². The Morgan fingerprint density at radius 1 is 1.19 bits per heavy atom. The van der Waals surface area contributed by atoms with Gasteiger partial charge in [-0.1, -0.05) is 0 Å². The zero-order chi connectivity index (χ0) is 18.6. The number of fused-ring (bicyclic) bond motifs is 3. The Bertz CT molecular complexity index is 941. The molecule has 140 valence electrons. The highest BCUT2D eigenvalue weighted by Crippen LogP contribution is 2.79. The molecular weight excluding hydrogens is 350 g/mol. The van der Waals surface area contributed by atoms with Crippen LogP contribution in [0.1, 0.15) is 30.4 Å². The standard InChI is InChI=1S/C20H19NO6/c1-25-18(24)20-15-12(22)4-5-19(20)11-8-14-13(26-9-27-14)7-10(11)3-2-6-21(19)17(23)16(15)20/h7-8,15-16H,2-6,9H2,1H3/t15?,16?,19-,20+/m1/s1. The molecule has 0 bridgehead atoms. The molecule has 3 fully saturated rings. The third-order valence-electron chi connectivity index (χ3n) is 7.36. The van der Waals surface area contributed by atoms with Crippen LogP contribution in [0.15, 0.2) is 12.1 Å². The van der Waals surface area contributed by atoms with Gasteiger partial charge in [0, 0.05) is 13.0 Å². The number of hydrogen-bond donors (Lipinski definition) is 0. The van der Waals surface area contributed by atoms with Gasteiger partial charge in [0.1, 0.15) is 11.2 Å². The van der Waals surface area contributed by atoms with Crippen LogP contribution in [0, 0.1) is 17.3 Å². The van der Waals surface area contributed by atoms with Crippen LogP contribution in [0.2, 0.25) is 0 Å². The van der Waals surface area contributed by atoms with Crippen molar-refractivity contribution in [1.29, 1.82) is 0 Å². The van der Waals surface area contributed by atoms with Crippen LogP contribution in [0.25, 0.3) is 0 Å². The normalized spacial score (nSPS) is 37.3. The number of carbonyl (C=O) groups excluding carboxylic acids is 3. The second-order valence-corrected chi connectivity index (χ2v) is 8.10. The zero-order valence-corrected chi connectivity index (χ0v) is 14.9. The lowest BCUT2D eigenvalue weighted by Gasteiger charge is -2.47. The first kappa shape index (κ1) is 15.5. The summed E-state index contributed by atoms with van der Waals surface area (Å²) in [6, 6.07) is 3.91. The number of ether oxygens (including phenoxy) is 3. The zero-order valence-electron chi connectivity index (χ0n) is 14.9. The molecule has 2 unspecified atom stereocenters. The first-order chi connectivity index (χ1) is 13.1. The van der Waals surface area contributed by atoms with Crippen molar-refractivity contribution in [3.05, 3.63) is 23.3 Å². The van der Waals surface area contributed by atoms with Crippen LogP contribution in [-0.4, -0.2) is 43.0 Å². The third-order valence-corrected chi connectivity index (χ3v) is 7.36. The maximum absolute atomic E-state index is 13.3. The average molecular weight is 369 g/mol. The smallest absolute Gasteiger partial charge is 0.316 e. The molecule has 2 aliphatic carbocycles. The molecule has 7 nitrogen and oxygen atoms in total. The van der Waals surface area contributed by atoms with Crippen LogP contribution in [-0.2, 0) is 31.1 Å². The summed E-state index contributed by atoms with van der Waals surface area (Å²) in [6.45, 7) is 0.746. The molecule has 1 saturated heterocycles. The molecule has 6 rings (SSSR count). The number of aryl methyl sites for hydroxylation is 1. The van der Waals surface area contributed by atoms with Crippen molar-refractivity contribution in [1.82, 2.24) is 4.90 Å². The summed E-state index contributed by atoms with van der Waals surface area (Å²) in [5, 5.41) is 0. The summed E-state index contributed by atoms with van der Waals surface area (Å²) in [4.78, 5) is 40.8. The lowest BCUT2D eigenvalue weighted by atomic mass is 9.66. The number of amides is 1. The maximum Gasteiger partial charge on any atom is 0.316 e. The molecule has 7 heteroatoms. The number of carbonyl (C=O) groups is 3. The fourth-order valence-electron chi connectivity index (χ4n) is 6.46. The fourth-order valence-corrected chi connectivity index (χ4v) is 6.46. The van der Waals surface area contributed by atoms with E-state index in [0.29, 0.717) is 30.9 Å². The van der Waals surface area contributed by atoms with Crippen molar-refractivity contribution < 1.29 is 28.6 Å². The van der Waals surface area contributed by atoms with Gasteiger partial charge in [0.15, 0.2) is 11.5 Å². The van der Waals surface area contributed by atoms with E-state index in [1.54, 1.807) is 0 Å². The Morgan fingerprint density at radius 2 is 1.96 bits per heavy atom. The number of hydrogen-bond acceptors (Lipinski definition) is 6. The fraction of sp³-hybridized carbons (Fsp3) is 0.550. The number of benzene rings is 1. The van der Waals surface area contributed by atoms with E-state index in [-0.39, 0.29) is 18.5 Å². The quantitative estimate of drug-likeness (QED) is 0.691. The SMILES string of the molecule is COC(=O)[C@@]12C3C(=O)CC[C@@]14c1cc5c(cc1CCCN4C(=O)C32)OCO5. The topological polar surface area (TPSA) is 82.1 Å². The van der Waals surface area contributed by atoms with Crippen molar-refractivity contribution in [2.75, 3.05) is 20.4 Å². The van der Waals surface area contributed by atoms with E-state index in [2.05, 4.69) is 0 Å². The first-order valence-corrected chi connectivity index (χ1v) is 9.43. The van der Waals surface area contributed by atoms with E-state index in [1.807, 2.05) is 17.0 Å². The summed E-state index contributed by atoms with van der Waals surface area (Å²) >= 11 is 0. The summed E-state index contributed by atoms with van der Waals surface area (Å²) in [6.07, 6.45) is 2.42. The van der Waals surface area contributed by atoms with Gasteiger partial charge in [-0.2, -0.15) is 0 Å². The molecule has 0 aromatic heterocycles. The molecule has 1 amide bonds. The van der Waals surface area contributed by atoms with Crippen molar-refractivity contribution in [2.24, 2.45) is 17.3 Å². The highest BCUT2D eigenvalue weighted by molar-refractivity contribution is 6.10. The number of nitrogens with zero attached hydrogens (tertiary/aromatic N) is 1. The molecule has 1 spiro atoms. The number of Topliss-reactive ketones (excluding diaryl/α,β-unsaturated/α-hetero) is 1. The predicted octanol–water partition coefficient (Wildman–Crippen LogP) is 1.17. The number of piperidine rings is 1. The Kier molecular flexibility index (Phi) is 2.66. The molecule has 1 aromatic rings. The number of methoxy groups -OCH3 is 1. The predicted molar refractivity (Wildman–Crippen MR) is 89.9 cm³/mol. The number of ketones is 1. The highest BCUT2D eigenvalue weighted by atomic mass is 16.7. The van der Waals surface area contributed by atoms with E-state index in [1.165, 1.54) is 7.11 Å². The van der Waals surface area contributed by atoms with Gasteiger partial charge < -0.3 is 19.1 Å². The van der Waals surface area contributed by atoms with Crippen LogP contribution in [0.4, 0.5) is 0 Å². The van der Waals surface area contributed by atoms with E-state index >= 15 is 0 Å². The van der Waals surface area contributed by atoms with Crippen LogP contribution in [0.3, 0.4) is 0 Å². The van der Waals surface area contributed by atoms with Crippen molar-refractivity contribution in [2.45, 2.75) is 31.2 Å². The minimum Gasteiger partial charge on any atom is -0.468 e. The van der Waals surface area contributed by atoms with E-state index in [4.69, 9.17) is 14.2 Å². The largest absolute Gasteiger partial charge is 0.468 e. The maximum atomic E-state index is 13.3. The number of esters is 1. The monoisotopic (exact) mass is 369 g/mol. The first-order valence-electron chi connectivity index (χ1n) is 9.43. The second kappa shape index (κ2) is 4.64. The Hall–Kier alpha value is -2.57. The van der Waals surface area contributed by atoms with Gasteiger partial charge in [-0.25, -0.2) is 0 Å². The minimum absolute atomic E-state index is 0.00978. The Balaban J connectivity index is 1.67. The molecule has 1 aromatic carbocycles. The van der Waals surface area contributed by atoms with Gasteiger partial charge >= 0.3 is 5.97 Å². The molecule has 4 atom stereocenters. The molecule has 27 heavy (non-hydrogen) atoms. The highest BCUT2D eigenvalue weighted by Gasteiger charge is 2.91. The van der Waals surface area contributed by atoms with Gasteiger partial charge in [0.25, 0.3) is 0 Å². The molecule has 2 saturated carbocycles. The molecule has 3 heterocycles. The summed E-state index contributed by atoms with van der Waals surface area (Å²) < 4.78 is 16.3. The van der Waals surface area contributed by atoms with Crippen LogP contribution >= 0.6 is 0 Å². The second-order valence-electron chi connectivity index (χ2n) is 8.10. The third kappa shape index (κ3) is 1.44. The van der Waals surface area contributed by atoms with Gasteiger partial charge in [-0.05, 0) is 42.5 Å². The summed E-state index contributed by atoms with van der Waals surface area (Å²) in [7, 11) is 1.34. The summed E-state index contributed by atoms with van der Waals surface area (Å²) in [5.74, 6) is -0.317. The Labute approximate surface area is 155 Å². The lowest BCUT2D eigenvalue weighted by Crippen LogP contribution is -2.57. The molecular formula is C20H19NO6. The van der Waals surface area contributed by atoms with Crippen LogP contribution in [0.5, 0.6) is 11.5 Å². The number of rotatable bonds is 1. The Morgan fingerprint density at radius 3 is 2.74 bits per heavy atom. The molecule has 3 aliphatic heterocycles. The molecule has 0 radical (unpaired) electrons. The van der Waals surface area contributed by atoms with Gasteiger partial charge in [0.05, 0.1) is 24.5 Å². The van der Waals surface area contributed by atoms with Crippen molar-refractivity contribution in [3.8, 4) is 11.5 Å². The summed E-state index contributed by atoms with van der Waals surface area (Å²) in [5.41, 5.74) is 0.0766. The van der Waals surface area contributed by atoms with Gasteiger partial charge in [-0.15, -0.1) is 0 Å². The van der Waals surface area contributed by atoms with Gasteiger partial charge in [-0.3, -0.25) is 14.4 Å². The van der Waals surface area contributed by atoms with E-state index in [9.17, 15) is 14.4 Å². The van der Waals surface area contributed by atoms with E-state index in [0.717, 1.165) is 24.0 Å².